The SMILES string of the molecule is COc1cc(OC)cc(C(=O)N2CCC(C(=O)N[C@@H](C)C(=O)O)CC2)c1. The third-order valence-electron chi connectivity index (χ3n) is 4.48. The van der Waals surface area contributed by atoms with Gasteiger partial charge in [0.25, 0.3) is 5.91 Å². The minimum atomic E-state index is -1.07. The zero-order valence-corrected chi connectivity index (χ0v) is 15.2. The van der Waals surface area contributed by atoms with Crippen molar-refractivity contribution < 1.29 is 29.0 Å². The monoisotopic (exact) mass is 364 g/mol. The van der Waals surface area contributed by atoms with Crippen molar-refractivity contribution in [1.82, 2.24) is 10.2 Å². The number of benzene rings is 1. The molecule has 1 aliphatic rings. The zero-order chi connectivity index (χ0) is 19.3. The van der Waals surface area contributed by atoms with Crippen LogP contribution in [0.2, 0.25) is 0 Å². The number of carboxylic acid groups (broad SMARTS) is 1. The van der Waals surface area contributed by atoms with Gasteiger partial charge in [0.1, 0.15) is 17.5 Å². The highest BCUT2D eigenvalue weighted by molar-refractivity contribution is 5.95. The lowest BCUT2D eigenvalue weighted by atomic mass is 9.95. The van der Waals surface area contributed by atoms with Crippen molar-refractivity contribution in [3.05, 3.63) is 23.8 Å². The molecule has 0 bridgehead atoms. The number of likely N-dealkylation sites (tertiary alicyclic amines) is 1. The maximum absolute atomic E-state index is 12.7. The van der Waals surface area contributed by atoms with E-state index in [0.717, 1.165) is 0 Å². The minimum absolute atomic E-state index is 0.153. The first-order valence-electron chi connectivity index (χ1n) is 8.41. The Morgan fingerprint density at radius 2 is 1.65 bits per heavy atom. The third kappa shape index (κ3) is 4.65. The molecule has 0 unspecified atom stereocenters. The molecule has 1 aromatic carbocycles. The van der Waals surface area contributed by atoms with E-state index in [1.165, 1.54) is 21.1 Å². The van der Waals surface area contributed by atoms with Crippen molar-refractivity contribution in [3.63, 3.8) is 0 Å². The highest BCUT2D eigenvalue weighted by Gasteiger charge is 2.29. The Morgan fingerprint density at radius 1 is 1.12 bits per heavy atom. The molecule has 0 spiro atoms. The normalized spacial score (nSPS) is 15.9. The standard InChI is InChI=1S/C18H24N2O6/c1-11(18(23)24)19-16(21)12-4-6-20(7-5-12)17(22)13-8-14(25-2)10-15(9-13)26-3/h8-12H,4-7H2,1-3H3,(H,19,21)(H,23,24)/t11-/m0/s1. The highest BCUT2D eigenvalue weighted by atomic mass is 16.5. The molecule has 0 aliphatic carbocycles. The van der Waals surface area contributed by atoms with Gasteiger partial charge in [0.2, 0.25) is 5.91 Å². The van der Waals surface area contributed by atoms with Gasteiger partial charge in [-0.1, -0.05) is 0 Å². The van der Waals surface area contributed by atoms with Crippen LogP contribution in [0.3, 0.4) is 0 Å². The number of nitrogens with zero attached hydrogens (tertiary/aromatic N) is 1. The summed E-state index contributed by atoms with van der Waals surface area (Å²) in [6.07, 6.45) is 0.982. The van der Waals surface area contributed by atoms with Gasteiger partial charge in [-0.3, -0.25) is 14.4 Å². The van der Waals surface area contributed by atoms with E-state index < -0.39 is 12.0 Å². The van der Waals surface area contributed by atoms with Crippen LogP contribution >= 0.6 is 0 Å². The van der Waals surface area contributed by atoms with E-state index in [9.17, 15) is 14.4 Å². The molecule has 26 heavy (non-hydrogen) atoms. The molecule has 2 amide bonds. The summed E-state index contributed by atoms with van der Waals surface area (Å²) in [5.41, 5.74) is 0.462. The van der Waals surface area contributed by atoms with Crippen LogP contribution in [0.15, 0.2) is 18.2 Å². The second-order valence-electron chi connectivity index (χ2n) is 6.24. The first kappa shape index (κ1) is 19.6. The minimum Gasteiger partial charge on any atom is -0.497 e. The average Bonchev–Trinajstić information content (AvgIpc) is 2.66. The van der Waals surface area contributed by atoms with Crippen molar-refractivity contribution in [2.45, 2.75) is 25.8 Å². The van der Waals surface area contributed by atoms with Gasteiger partial charge in [0.05, 0.1) is 14.2 Å². The number of rotatable bonds is 6. The van der Waals surface area contributed by atoms with Gasteiger partial charge < -0.3 is 24.8 Å². The number of piperidine rings is 1. The quantitative estimate of drug-likeness (QED) is 0.784. The fourth-order valence-electron chi connectivity index (χ4n) is 2.85. The van der Waals surface area contributed by atoms with Crippen molar-refractivity contribution >= 4 is 17.8 Å². The molecule has 2 rings (SSSR count). The fraction of sp³-hybridized carbons (Fsp3) is 0.500. The summed E-state index contributed by atoms with van der Waals surface area (Å²) < 4.78 is 10.4. The Bertz CT molecular complexity index is 660. The molecular weight excluding hydrogens is 340 g/mol. The molecule has 142 valence electrons. The van der Waals surface area contributed by atoms with Crippen LogP contribution in [0, 0.1) is 5.92 Å². The average molecular weight is 364 g/mol. The molecule has 1 fully saturated rings. The Labute approximate surface area is 152 Å². The second-order valence-corrected chi connectivity index (χ2v) is 6.24. The molecule has 8 nitrogen and oxygen atoms in total. The second kappa shape index (κ2) is 8.55. The number of hydrogen-bond donors (Lipinski definition) is 2. The summed E-state index contributed by atoms with van der Waals surface area (Å²) in [5.74, 6) is -0.733. The smallest absolute Gasteiger partial charge is 0.325 e. The number of methoxy groups -OCH3 is 2. The van der Waals surface area contributed by atoms with Crippen LogP contribution in [-0.2, 0) is 9.59 Å². The topological polar surface area (TPSA) is 105 Å². The lowest BCUT2D eigenvalue weighted by Crippen LogP contribution is -2.46. The van der Waals surface area contributed by atoms with Gasteiger partial charge in [-0.15, -0.1) is 0 Å². The maximum atomic E-state index is 12.7. The van der Waals surface area contributed by atoms with Crippen molar-refractivity contribution in [2.24, 2.45) is 5.92 Å². The van der Waals surface area contributed by atoms with Crippen LogP contribution in [-0.4, -0.2) is 61.1 Å². The van der Waals surface area contributed by atoms with Crippen molar-refractivity contribution in [3.8, 4) is 11.5 Å². The molecule has 1 saturated heterocycles. The van der Waals surface area contributed by atoms with Crippen LogP contribution in [0.5, 0.6) is 11.5 Å². The molecule has 1 aliphatic heterocycles. The van der Waals surface area contributed by atoms with Gasteiger partial charge in [0, 0.05) is 30.6 Å². The summed E-state index contributed by atoms with van der Waals surface area (Å²) in [4.78, 5) is 37.3. The van der Waals surface area contributed by atoms with Crippen LogP contribution < -0.4 is 14.8 Å². The summed E-state index contributed by atoms with van der Waals surface area (Å²) >= 11 is 0. The number of ether oxygens (including phenoxy) is 2. The number of carbonyl (C=O) groups excluding carboxylic acids is 2. The lowest BCUT2D eigenvalue weighted by molar-refractivity contribution is -0.142. The Balaban J connectivity index is 1.98. The predicted molar refractivity (Wildman–Crippen MR) is 93.4 cm³/mol. The largest absolute Gasteiger partial charge is 0.497 e. The highest BCUT2D eigenvalue weighted by Crippen LogP contribution is 2.25. The fourth-order valence-corrected chi connectivity index (χ4v) is 2.85. The van der Waals surface area contributed by atoms with Gasteiger partial charge in [0.15, 0.2) is 0 Å². The summed E-state index contributed by atoms with van der Waals surface area (Å²) in [7, 11) is 3.04. The molecule has 0 radical (unpaired) electrons. The van der Waals surface area contributed by atoms with Crippen LogP contribution in [0.25, 0.3) is 0 Å². The van der Waals surface area contributed by atoms with E-state index in [0.29, 0.717) is 43.0 Å². The molecule has 1 atom stereocenters. The van der Waals surface area contributed by atoms with E-state index in [2.05, 4.69) is 5.32 Å². The van der Waals surface area contributed by atoms with E-state index in [1.807, 2.05) is 0 Å². The first-order chi connectivity index (χ1) is 12.3. The molecule has 0 aromatic heterocycles. The molecule has 1 heterocycles. The van der Waals surface area contributed by atoms with Gasteiger partial charge in [-0.2, -0.15) is 0 Å². The maximum Gasteiger partial charge on any atom is 0.325 e. The van der Waals surface area contributed by atoms with Gasteiger partial charge >= 0.3 is 5.97 Å². The Kier molecular flexibility index (Phi) is 6.43. The number of amides is 2. The number of nitrogens with one attached hydrogen (secondary N) is 1. The van der Waals surface area contributed by atoms with E-state index >= 15 is 0 Å². The molecule has 8 heteroatoms. The molecule has 2 N–H and O–H groups in total. The predicted octanol–water partition coefficient (Wildman–Crippen LogP) is 1.15. The number of aliphatic carboxylic acids is 1. The van der Waals surface area contributed by atoms with E-state index in [4.69, 9.17) is 14.6 Å². The third-order valence-corrected chi connectivity index (χ3v) is 4.48. The molecular formula is C18H24N2O6. The molecule has 0 saturated carbocycles. The summed E-state index contributed by atoms with van der Waals surface area (Å²) in [6, 6.07) is 4.07. The number of carboxylic acids is 1. The Hall–Kier alpha value is -2.77. The Morgan fingerprint density at radius 3 is 2.12 bits per heavy atom. The van der Waals surface area contributed by atoms with Gasteiger partial charge in [-0.05, 0) is 31.9 Å². The first-order valence-corrected chi connectivity index (χ1v) is 8.41. The van der Waals surface area contributed by atoms with E-state index in [-0.39, 0.29) is 17.7 Å². The molecule has 1 aromatic rings. The summed E-state index contributed by atoms with van der Waals surface area (Å²) in [6.45, 7) is 2.28. The van der Waals surface area contributed by atoms with Crippen molar-refractivity contribution in [2.75, 3.05) is 27.3 Å². The lowest BCUT2D eigenvalue weighted by Gasteiger charge is -2.31. The van der Waals surface area contributed by atoms with Gasteiger partial charge in [-0.25, -0.2) is 0 Å². The summed E-state index contributed by atoms with van der Waals surface area (Å²) in [5, 5.41) is 11.3. The zero-order valence-electron chi connectivity index (χ0n) is 15.2. The van der Waals surface area contributed by atoms with E-state index in [1.54, 1.807) is 23.1 Å². The van der Waals surface area contributed by atoms with Crippen LogP contribution in [0.4, 0.5) is 0 Å². The number of carbonyl (C=O) groups is 3. The van der Waals surface area contributed by atoms with Crippen molar-refractivity contribution in [1.29, 1.82) is 0 Å². The number of hydrogen-bond acceptors (Lipinski definition) is 5. The van der Waals surface area contributed by atoms with Crippen LogP contribution in [0.1, 0.15) is 30.1 Å².